The average molecular weight is 527 g/mol. The van der Waals surface area contributed by atoms with E-state index in [0.29, 0.717) is 40.4 Å². The predicted molar refractivity (Wildman–Crippen MR) is 147 cm³/mol. The molecule has 0 unspecified atom stereocenters. The molecule has 38 heavy (non-hydrogen) atoms. The van der Waals surface area contributed by atoms with Gasteiger partial charge in [0.1, 0.15) is 35.6 Å². The summed E-state index contributed by atoms with van der Waals surface area (Å²) in [6.45, 7) is 4.70. The van der Waals surface area contributed by atoms with Crippen LogP contribution < -0.4 is 19.5 Å². The third kappa shape index (κ3) is 6.75. The maximum atomic E-state index is 12.7. The maximum Gasteiger partial charge on any atom is 0.268 e. The van der Waals surface area contributed by atoms with Crippen molar-refractivity contribution in [3.8, 4) is 33.9 Å². The topological polar surface area (TPSA) is 106 Å². The smallest absolute Gasteiger partial charge is 0.268 e. The first-order valence-corrected chi connectivity index (χ1v) is 12.6. The van der Waals surface area contributed by atoms with Gasteiger partial charge in [-0.2, -0.15) is 5.26 Å². The van der Waals surface area contributed by atoms with Crippen LogP contribution in [0.4, 0.5) is 5.13 Å². The van der Waals surface area contributed by atoms with Gasteiger partial charge in [-0.15, -0.1) is 10.2 Å². The number of rotatable bonds is 10. The number of methoxy groups -OCH3 is 1. The Balaban J connectivity index is 1.38. The minimum absolute atomic E-state index is 0.0842. The van der Waals surface area contributed by atoms with Crippen molar-refractivity contribution >= 4 is 28.5 Å². The molecule has 1 N–H and O–H groups in total. The summed E-state index contributed by atoms with van der Waals surface area (Å²) < 4.78 is 17.1. The van der Waals surface area contributed by atoms with Gasteiger partial charge in [-0.3, -0.25) is 10.1 Å². The van der Waals surface area contributed by atoms with Gasteiger partial charge in [0.05, 0.1) is 7.11 Å². The fraction of sp³-hybridized carbons (Fsp3) is 0.172. The molecular weight excluding hydrogens is 500 g/mol. The number of nitriles is 1. The molecule has 0 radical (unpaired) electrons. The van der Waals surface area contributed by atoms with Gasteiger partial charge >= 0.3 is 0 Å². The number of hydrogen-bond acceptors (Lipinski definition) is 8. The van der Waals surface area contributed by atoms with E-state index in [4.69, 9.17) is 14.2 Å². The number of benzene rings is 3. The number of hydrogen-bond donors (Lipinski definition) is 1. The third-order valence-corrected chi connectivity index (χ3v) is 6.36. The van der Waals surface area contributed by atoms with Crippen molar-refractivity contribution in [2.24, 2.45) is 0 Å². The number of aromatic nitrogens is 2. The lowest BCUT2D eigenvalue weighted by atomic mass is 10.1. The Kier molecular flexibility index (Phi) is 8.69. The lowest BCUT2D eigenvalue weighted by molar-refractivity contribution is -0.112. The molecule has 192 valence electrons. The van der Waals surface area contributed by atoms with Gasteiger partial charge in [0.2, 0.25) is 5.13 Å². The standard InChI is InChI=1S/C29H26N4O4S/c1-19-9-10-20(2)25(15-19)37-14-13-36-24-12-11-21(17-26(24)35-3)16-23(18-30)27(34)31-29-33-32-28(38-29)22-7-5-4-6-8-22/h4-12,15-17H,13-14H2,1-3H3,(H,31,33,34). The zero-order chi connectivity index (χ0) is 26.9. The van der Waals surface area contributed by atoms with Gasteiger partial charge in [0, 0.05) is 5.56 Å². The van der Waals surface area contributed by atoms with Gasteiger partial charge in [0.25, 0.3) is 5.91 Å². The zero-order valence-corrected chi connectivity index (χ0v) is 22.0. The van der Waals surface area contributed by atoms with E-state index >= 15 is 0 Å². The largest absolute Gasteiger partial charge is 0.493 e. The SMILES string of the molecule is COc1cc(C=C(C#N)C(=O)Nc2nnc(-c3ccccc3)s2)ccc1OCCOc1cc(C)ccc1C. The second-order valence-electron chi connectivity index (χ2n) is 8.28. The van der Waals surface area contributed by atoms with Gasteiger partial charge in [-0.05, 0) is 54.8 Å². The number of nitrogens with one attached hydrogen (secondary N) is 1. The van der Waals surface area contributed by atoms with Crippen LogP contribution in [0.1, 0.15) is 16.7 Å². The molecule has 0 bridgehead atoms. The highest BCUT2D eigenvalue weighted by molar-refractivity contribution is 7.18. The molecule has 9 heteroatoms. The normalized spacial score (nSPS) is 10.9. The fourth-order valence-electron chi connectivity index (χ4n) is 3.51. The van der Waals surface area contributed by atoms with Crippen LogP contribution in [-0.2, 0) is 4.79 Å². The monoisotopic (exact) mass is 526 g/mol. The maximum absolute atomic E-state index is 12.7. The molecular formula is C29H26N4O4S. The minimum Gasteiger partial charge on any atom is -0.493 e. The second kappa shape index (κ2) is 12.5. The summed E-state index contributed by atoms with van der Waals surface area (Å²) in [6.07, 6.45) is 1.48. The van der Waals surface area contributed by atoms with Crippen molar-refractivity contribution in [3.63, 3.8) is 0 Å². The Bertz CT molecular complexity index is 1490. The molecule has 1 amide bonds. The van der Waals surface area contributed by atoms with E-state index in [2.05, 4.69) is 15.5 Å². The van der Waals surface area contributed by atoms with E-state index in [1.165, 1.54) is 24.5 Å². The molecule has 1 aromatic heterocycles. The van der Waals surface area contributed by atoms with E-state index in [-0.39, 0.29) is 5.57 Å². The van der Waals surface area contributed by atoms with E-state index in [1.54, 1.807) is 18.2 Å². The summed E-state index contributed by atoms with van der Waals surface area (Å²) in [5.41, 5.74) is 3.61. The Morgan fingerprint density at radius 2 is 1.74 bits per heavy atom. The van der Waals surface area contributed by atoms with Gasteiger partial charge in [0.15, 0.2) is 11.5 Å². The number of carbonyl (C=O) groups excluding carboxylic acids is 1. The summed E-state index contributed by atoms with van der Waals surface area (Å²) in [7, 11) is 1.53. The summed E-state index contributed by atoms with van der Waals surface area (Å²) in [5.74, 6) is 1.25. The number of aryl methyl sites for hydroxylation is 2. The van der Waals surface area contributed by atoms with Crippen molar-refractivity contribution in [1.82, 2.24) is 10.2 Å². The van der Waals surface area contributed by atoms with Crippen LogP contribution in [0, 0.1) is 25.2 Å². The number of anilines is 1. The van der Waals surface area contributed by atoms with Crippen molar-refractivity contribution < 1.29 is 19.0 Å². The predicted octanol–water partition coefficient (Wildman–Crippen LogP) is 5.83. The van der Waals surface area contributed by atoms with Crippen LogP contribution in [0.3, 0.4) is 0 Å². The molecule has 0 aliphatic rings. The van der Waals surface area contributed by atoms with Crippen LogP contribution in [-0.4, -0.2) is 36.4 Å². The van der Waals surface area contributed by atoms with E-state index in [0.717, 1.165) is 22.4 Å². The minimum atomic E-state index is -0.578. The lowest BCUT2D eigenvalue weighted by Crippen LogP contribution is -2.13. The molecule has 8 nitrogen and oxygen atoms in total. The number of carbonyl (C=O) groups is 1. The van der Waals surface area contributed by atoms with E-state index in [9.17, 15) is 10.1 Å². The number of nitrogens with zero attached hydrogens (tertiary/aromatic N) is 3. The lowest BCUT2D eigenvalue weighted by Gasteiger charge is -2.13. The summed E-state index contributed by atoms with van der Waals surface area (Å²) in [6, 6.07) is 22.7. The Labute approximate surface area is 225 Å². The van der Waals surface area contributed by atoms with Crippen molar-refractivity contribution in [1.29, 1.82) is 5.26 Å². The highest BCUT2D eigenvalue weighted by Gasteiger charge is 2.14. The number of amides is 1. The van der Waals surface area contributed by atoms with Crippen molar-refractivity contribution in [2.45, 2.75) is 13.8 Å². The van der Waals surface area contributed by atoms with Crippen LogP contribution in [0.25, 0.3) is 16.6 Å². The molecule has 4 aromatic rings. The van der Waals surface area contributed by atoms with Crippen LogP contribution >= 0.6 is 11.3 Å². The van der Waals surface area contributed by atoms with Crippen molar-refractivity contribution in [3.05, 3.63) is 89.0 Å². The Hall–Kier alpha value is -4.68. The van der Waals surface area contributed by atoms with Crippen LogP contribution in [0.15, 0.2) is 72.3 Å². The molecule has 0 spiro atoms. The van der Waals surface area contributed by atoms with Gasteiger partial charge in [-0.25, -0.2) is 0 Å². The number of ether oxygens (including phenoxy) is 3. The van der Waals surface area contributed by atoms with E-state index in [1.807, 2.05) is 68.4 Å². The second-order valence-corrected chi connectivity index (χ2v) is 9.26. The van der Waals surface area contributed by atoms with Gasteiger partial charge < -0.3 is 14.2 Å². The molecule has 4 rings (SSSR count). The zero-order valence-electron chi connectivity index (χ0n) is 21.2. The van der Waals surface area contributed by atoms with Crippen LogP contribution in [0.5, 0.6) is 17.2 Å². The Morgan fingerprint density at radius 1 is 0.974 bits per heavy atom. The Morgan fingerprint density at radius 3 is 2.47 bits per heavy atom. The fourth-order valence-corrected chi connectivity index (χ4v) is 4.25. The molecule has 0 aliphatic heterocycles. The molecule has 3 aromatic carbocycles. The van der Waals surface area contributed by atoms with Gasteiger partial charge in [-0.1, -0.05) is 59.9 Å². The first-order chi connectivity index (χ1) is 18.5. The quantitative estimate of drug-likeness (QED) is 0.157. The molecule has 0 saturated carbocycles. The molecule has 0 atom stereocenters. The summed E-state index contributed by atoms with van der Waals surface area (Å²) >= 11 is 1.23. The van der Waals surface area contributed by atoms with Crippen molar-refractivity contribution in [2.75, 3.05) is 25.6 Å². The first-order valence-electron chi connectivity index (χ1n) is 11.8. The third-order valence-electron chi connectivity index (χ3n) is 5.47. The highest BCUT2D eigenvalue weighted by atomic mass is 32.1. The molecule has 0 fully saturated rings. The molecule has 0 aliphatic carbocycles. The molecule has 1 heterocycles. The highest BCUT2D eigenvalue weighted by Crippen LogP contribution is 2.30. The molecule has 0 saturated heterocycles. The average Bonchev–Trinajstić information content (AvgIpc) is 3.40. The first kappa shape index (κ1) is 26.4. The summed E-state index contributed by atoms with van der Waals surface area (Å²) in [4.78, 5) is 12.7. The summed E-state index contributed by atoms with van der Waals surface area (Å²) in [5, 5.41) is 21.3. The van der Waals surface area contributed by atoms with E-state index < -0.39 is 5.91 Å². The van der Waals surface area contributed by atoms with Crippen LogP contribution in [0.2, 0.25) is 0 Å².